The Hall–Kier alpha value is -4.87. The number of hydrazone groups is 1. The molecule has 0 atom stereocenters. The summed E-state index contributed by atoms with van der Waals surface area (Å²) in [6.07, 6.45) is 1.40. The zero-order valence-electron chi connectivity index (χ0n) is 22.4. The normalized spacial score (nSPS) is 11.1. The summed E-state index contributed by atoms with van der Waals surface area (Å²) in [6.45, 7) is -0.741. The summed E-state index contributed by atoms with van der Waals surface area (Å²) >= 11 is 6.05. The zero-order chi connectivity index (χ0) is 30.0. The molecule has 216 valence electrons. The van der Waals surface area contributed by atoms with Gasteiger partial charge in [0.15, 0.2) is 6.61 Å². The van der Waals surface area contributed by atoms with E-state index in [9.17, 15) is 18.0 Å². The largest absolute Gasteiger partial charge is 0.497 e. The number of rotatable bonds is 12. The highest BCUT2D eigenvalue weighted by molar-refractivity contribution is 7.92. The molecule has 42 heavy (non-hydrogen) atoms. The van der Waals surface area contributed by atoms with Crippen molar-refractivity contribution in [1.29, 1.82) is 0 Å². The van der Waals surface area contributed by atoms with Crippen LogP contribution in [0.1, 0.15) is 5.56 Å². The smallest absolute Gasteiger partial charge is 0.264 e. The standard InChI is InChI=1S/C30H27ClN4O6S/c1-40-25-9-7-8-23(18-25)35(42(38,39)26-10-3-2-4-11-26)20-29(36)34-32-19-22-14-16-24(17-15-22)41-21-30(37)33-28-13-6-5-12-27(28)31/h2-19H,20-21H2,1H3,(H,33,37)(H,34,36)/b32-19-. The molecular weight excluding hydrogens is 580 g/mol. The number of para-hydroxylation sites is 1. The Kier molecular flexibility index (Phi) is 10.1. The van der Waals surface area contributed by atoms with Crippen LogP contribution in [0.4, 0.5) is 11.4 Å². The summed E-state index contributed by atoms with van der Waals surface area (Å²) in [7, 11) is -2.61. The zero-order valence-corrected chi connectivity index (χ0v) is 24.0. The van der Waals surface area contributed by atoms with Crippen LogP contribution in [0.5, 0.6) is 11.5 Å². The molecule has 0 heterocycles. The van der Waals surface area contributed by atoms with Crippen LogP contribution in [0.15, 0.2) is 113 Å². The van der Waals surface area contributed by atoms with Crippen LogP contribution >= 0.6 is 11.6 Å². The van der Waals surface area contributed by atoms with Gasteiger partial charge in [-0.1, -0.05) is 48.0 Å². The first-order chi connectivity index (χ1) is 20.3. The minimum absolute atomic E-state index is 0.0350. The number of sulfonamides is 1. The number of hydrogen-bond donors (Lipinski definition) is 2. The Bertz CT molecular complexity index is 1660. The van der Waals surface area contributed by atoms with Crippen molar-refractivity contribution in [3.05, 3.63) is 114 Å². The summed E-state index contributed by atoms with van der Waals surface area (Å²) in [4.78, 5) is 25.0. The summed E-state index contributed by atoms with van der Waals surface area (Å²) in [5.41, 5.74) is 3.74. The Labute approximate surface area is 248 Å². The van der Waals surface area contributed by atoms with Crippen LogP contribution in [0.25, 0.3) is 0 Å². The topological polar surface area (TPSA) is 126 Å². The van der Waals surface area contributed by atoms with Crippen LogP contribution in [-0.4, -0.2) is 46.7 Å². The molecule has 0 saturated carbocycles. The SMILES string of the molecule is COc1cccc(N(CC(=O)N/N=C\c2ccc(OCC(=O)Nc3ccccc3Cl)cc2)S(=O)(=O)c2ccccc2)c1. The number of carbonyl (C=O) groups is 2. The van der Waals surface area contributed by atoms with Gasteiger partial charge in [0.25, 0.3) is 21.8 Å². The second kappa shape index (κ2) is 14.2. The third kappa shape index (κ3) is 8.09. The van der Waals surface area contributed by atoms with Crippen LogP contribution in [0.3, 0.4) is 0 Å². The minimum atomic E-state index is -4.07. The van der Waals surface area contributed by atoms with Gasteiger partial charge in [-0.05, 0) is 66.2 Å². The second-order valence-corrected chi connectivity index (χ2v) is 11.0. The number of methoxy groups -OCH3 is 1. The molecule has 4 rings (SSSR count). The van der Waals surface area contributed by atoms with Gasteiger partial charge in [-0.2, -0.15) is 5.10 Å². The highest BCUT2D eigenvalue weighted by Crippen LogP contribution is 2.27. The van der Waals surface area contributed by atoms with Crippen LogP contribution < -0.4 is 24.5 Å². The van der Waals surface area contributed by atoms with Gasteiger partial charge in [0, 0.05) is 6.07 Å². The van der Waals surface area contributed by atoms with Crippen LogP contribution in [0, 0.1) is 0 Å². The quantitative estimate of drug-likeness (QED) is 0.178. The highest BCUT2D eigenvalue weighted by atomic mass is 35.5. The maximum atomic E-state index is 13.4. The van der Waals surface area contributed by atoms with Crippen molar-refractivity contribution in [2.45, 2.75) is 4.90 Å². The van der Waals surface area contributed by atoms with Gasteiger partial charge in [0.05, 0.1) is 34.6 Å². The van der Waals surface area contributed by atoms with E-state index in [1.807, 2.05) is 0 Å². The van der Waals surface area contributed by atoms with Gasteiger partial charge in [-0.25, -0.2) is 13.8 Å². The molecule has 12 heteroatoms. The number of halogens is 1. The molecule has 0 fully saturated rings. The van der Waals surface area contributed by atoms with Gasteiger partial charge in [0.2, 0.25) is 0 Å². The average molecular weight is 607 g/mol. The van der Waals surface area contributed by atoms with E-state index in [4.69, 9.17) is 21.1 Å². The van der Waals surface area contributed by atoms with E-state index in [-0.39, 0.29) is 23.1 Å². The first kappa shape index (κ1) is 30.1. The lowest BCUT2D eigenvalue weighted by atomic mass is 10.2. The monoisotopic (exact) mass is 606 g/mol. The van der Waals surface area contributed by atoms with E-state index in [2.05, 4.69) is 15.8 Å². The molecule has 0 bridgehead atoms. The molecule has 0 saturated heterocycles. The third-order valence-electron chi connectivity index (χ3n) is 5.76. The summed E-state index contributed by atoms with van der Waals surface area (Å²) in [5.74, 6) is -0.134. The summed E-state index contributed by atoms with van der Waals surface area (Å²) in [6, 6.07) is 27.8. The van der Waals surface area contributed by atoms with Crippen molar-refractivity contribution >= 4 is 51.0 Å². The molecule has 0 radical (unpaired) electrons. The van der Waals surface area contributed by atoms with Crippen LogP contribution in [0.2, 0.25) is 5.02 Å². The van der Waals surface area contributed by atoms with Crippen molar-refractivity contribution in [2.24, 2.45) is 5.10 Å². The predicted molar refractivity (Wildman–Crippen MR) is 162 cm³/mol. The van der Waals surface area contributed by atoms with Gasteiger partial charge in [-0.15, -0.1) is 0 Å². The lowest BCUT2D eigenvalue weighted by Gasteiger charge is -2.24. The number of anilines is 2. The molecule has 0 spiro atoms. The Balaban J connectivity index is 1.36. The van der Waals surface area contributed by atoms with Crippen molar-refractivity contribution in [1.82, 2.24) is 5.43 Å². The van der Waals surface area contributed by atoms with E-state index >= 15 is 0 Å². The van der Waals surface area contributed by atoms with Crippen molar-refractivity contribution in [2.75, 3.05) is 29.9 Å². The molecule has 4 aromatic carbocycles. The second-order valence-electron chi connectivity index (χ2n) is 8.71. The fraction of sp³-hybridized carbons (Fsp3) is 0.100. The highest BCUT2D eigenvalue weighted by Gasteiger charge is 2.27. The summed E-state index contributed by atoms with van der Waals surface area (Å²) < 4.78 is 38.6. The van der Waals surface area contributed by atoms with E-state index in [0.717, 1.165) is 4.31 Å². The molecule has 2 amide bonds. The van der Waals surface area contributed by atoms with Crippen molar-refractivity contribution < 1.29 is 27.5 Å². The first-order valence-electron chi connectivity index (χ1n) is 12.6. The van der Waals surface area contributed by atoms with Gasteiger partial charge >= 0.3 is 0 Å². The van der Waals surface area contributed by atoms with Crippen molar-refractivity contribution in [3.8, 4) is 11.5 Å². The van der Waals surface area contributed by atoms with E-state index in [1.54, 1.807) is 84.9 Å². The molecule has 2 N–H and O–H groups in total. The number of amides is 2. The van der Waals surface area contributed by atoms with Gasteiger partial charge in [-0.3, -0.25) is 13.9 Å². The molecule has 0 aliphatic heterocycles. The number of benzene rings is 4. The molecular formula is C30H27ClN4O6S. The predicted octanol–water partition coefficient (Wildman–Crippen LogP) is 4.71. The molecule has 0 unspecified atom stereocenters. The molecule has 0 aliphatic rings. The summed E-state index contributed by atoms with van der Waals surface area (Å²) in [5, 5.41) is 7.04. The Morgan fingerprint density at radius 3 is 2.31 bits per heavy atom. The number of nitrogens with zero attached hydrogens (tertiary/aromatic N) is 2. The fourth-order valence-electron chi connectivity index (χ4n) is 3.69. The van der Waals surface area contributed by atoms with E-state index in [1.165, 1.54) is 31.5 Å². The van der Waals surface area contributed by atoms with E-state index in [0.29, 0.717) is 27.8 Å². The minimum Gasteiger partial charge on any atom is -0.497 e. The maximum Gasteiger partial charge on any atom is 0.264 e. The fourth-order valence-corrected chi connectivity index (χ4v) is 5.31. The van der Waals surface area contributed by atoms with Crippen LogP contribution in [-0.2, 0) is 19.6 Å². The van der Waals surface area contributed by atoms with E-state index < -0.39 is 22.5 Å². The lowest BCUT2D eigenvalue weighted by molar-refractivity contribution is -0.119. The number of hydrogen-bond acceptors (Lipinski definition) is 7. The first-order valence-corrected chi connectivity index (χ1v) is 14.4. The molecule has 0 aromatic heterocycles. The third-order valence-corrected chi connectivity index (χ3v) is 7.88. The maximum absolute atomic E-state index is 13.4. The number of ether oxygens (including phenoxy) is 2. The van der Waals surface area contributed by atoms with Crippen molar-refractivity contribution in [3.63, 3.8) is 0 Å². The lowest BCUT2D eigenvalue weighted by Crippen LogP contribution is -2.39. The molecule has 0 aliphatic carbocycles. The average Bonchev–Trinajstić information content (AvgIpc) is 3.01. The Morgan fingerprint density at radius 1 is 0.881 bits per heavy atom. The number of nitrogens with one attached hydrogen (secondary N) is 2. The number of carbonyl (C=O) groups excluding carboxylic acids is 2. The van der Waals surface area contributed by atoms with Gasteiger partial charge < -0.3 is 14.8 Å². The molecule has 4 aromatic rings. The molecule has 10 nitrogen and oxygen atoms in total. The Morgan fingerprint density at radius 2 is 1.60 bits per heavy atom. The van der Waals surface area contributed by atoms with Gasteiger partial charge in [0.1, 0.15) is 18.0 Å².